The summed E-state index contributed by atoms with van der Waals surface area (Å²) in [5, 5.41) is 12.8. The van der Waals surface area contributed by atoms with Gasteiger partial charge >= 0.3 is 0 Å². The van der Waals surface area contributed by atoms with Crippen molar-refractivity contribution < 1.29 is 19.2 Å². The van der Waals surface area contributed by atoms with E-state index >= 15 is 0 Å². The predicted molar refractivity (Wildman–Crippen MR) is 264 cm³/mol. The molecule has 4 amide bonds. The summed E-state index contributed by atoms with van der Waals surface area (Å²) >= 11 is 0. The van der Waals surface area contributed by atoms with E-state index in [1.54, 1.807) is 0 Å². The molecule has 0 aromatic carbocycles. The van der Waals surface area contributed by atoms with E-state index in [1.165, 1.54) is 0 Å². The molecule has 366 valence electrons. The van der Waals surface area contributed by atoms with E-state index in [2.05, 4.69) is 170 Å². The molecule has 0 atom stereocenters. The van der Waals surface area contributed by atoms with Crippen molar-refractivity contribution in [2.75, 3.05) is 65.4 Å². The quantitative estimate of drug-likeness (QED) is 0.0570. The van der Waals surface area contributed by atoms with Crippen molar-refractivity contribution in [3.05, 3.63) is 0 Å². The summed E-state index contributed by atoms with van der Waals surface area (Å²) in [6.45, 7) is 50.6. The number of hydrogen-bond donors (Lipinski definition) is 4. The smallest absolute Gasteiger partial charge is 0.221 e. The van der Waals surface area contributed by atoms with Crippen LogP contribution >= 0.6 is 0 Å². The van der Waals surface area contributed by atoms with Crippen LogP contribution in [-0.4, -0.2) is 98.9 Å². The molecule has 0 aromatic rings. The maximum Gasteiger partial charge on any atom is 0.221 e. The Hall–Kier alpha value is -2.20. The summed E-state index contributed by atoms with van der Waals surface area (Å²) in [4.78, 5) is 57.3. The average Bonchev–Trinajstić information content (AvgIpc) is 3.06. The lowest BCUT2D eigenvalue weighted by Gasteiger charge is -2.34. The summed E-state index contributed by atoms with van der Waals surface area (Å²) in [6.07, 6.45) is 7.30. The van der Waals surface area contributed by atoms with Gasteiger partial charge in [0.1, 0.15) is 0 Å². The lowest BCUT2D eigenvalue weighted by molar-refractivity contribution is -0.123. The number of rotatable bonds is 30. The standard InChI is InChI=1S/C52H104N6O4/c1-21-48(11,12)36-52(19,20)40-56-44(62)26-32-58(31-25-43(61)55-39-51(17,18)35-47(8,9)10)28-22-27-57(29-23-41(59)53-37-49(13,14)33-45(2,3)4)30-24-42(60)54-38-50(15,16)34-46(5,6)7/h21-40H2,1-20H3,(H,53,59)(H,54,60)(H,55,61)(H,56,62). The molecule has 0 saturated carbocycles. The van der Waals surface area contributed by atoms with Gasteiger partial charge in [-0.3, -0.25) is 19.2 Å². The van der Waals surface area contributed by atoms with Gasteiger partial charge in [0.05, 0.1) is 0 Å². The van der Waals surface area contributed by atoms with Gasteiger partial charge in [0.2, 0.25) is 23.6 Å². The highest BCUT2D eigenvalue weighted by atomic mass is 16.2. The summed E-state index contributed by atoms with van der Waals surface area (Å²) in [5.74, 6) is 0.102. The van der Waals surface area contributed by atoms with Gasteiger partial charge in [-0.15, -0.1) is 0 Å². The Bertz CT molecular complexity index is 1300. The first-order valence-electron chi connectivity index (χ1n) is 24.3. The van der Waals surface area contributed by atoms with Crippen LogP contribution in [0.25, 0.3) is 0 Å². The summed E-state index contributed by atoms with van der Waals surface area (Å²) < 4.78 is 0. The minimum Gasteiger partial charge on any atom is -0.356 e. The minimum atomic E-state index is -0.0195. The van der Waals surface area contributed by atoms with Gasteiger partial charge in [0.25, 0.3) is 0 Å². The van der Waals surface area contributed by atoms with Crippen LogP contribution in [0.3, 0.4) is 0 Å². The molecule has 0 fully saturated rings. The number of nitrogens with one attached hydrogen (secondary N) is 4. The molecule has 0 aliphatic heterocycles. The molecule has 0 heterocycles. The topological polar surface area (TPSA) is 123 Å². The molecule has 4 N–H and O–H groups in total. The van der Waals surface area contributed by atoms with E-state index < -0.39 is 0 Å². The molecule has 0 saturated heterocycles. The molecular weight excluding hydrogens is 773 g/mol. The van der Waals surface area contributed by atoms with Gasteiger partial charge in [-0.2, -0.15) is 0 Å². The zero-order valence-electron chi connectivity index (χ0n) is 44.7. The van der Waals surface area contributed by atoms with E-state index in [9.17, 15) is 19.2 Å². The second-order valence-corrected chi connectivity index (χ2v) is 26.7. The van der Waals surface area contributed by atoms with Gasteiger partial charge < -0.3 is 31.1 Å². The molecule has 10 nitrogen and oxygen atoms in total. The normalized spacial score (nSPS) is 13.7. The number of carbonyl (C=O) groups is 4. The highest BCUT2D eigenvalue weighted by Crippen LogP contribution is 2.36. The van der Waals surface area contributed by atoms with Gasteiger partial charge in [-0.25, -0.2) is 0 Å². The third-order valence-corrected chi connectivity index (χ3v) is 11.6. The van der Waals surface area contributed by atoms with Crippen LogP contribution in [0.4, 0.5) is 0 Å². The van der Waals surface area contributed by atoms with Crippen LogP contribution in [0.1, 0.15) is 203 Å². The highest BCUT2D eigenvalue weighted by Gasteiger charge is 2.30. The number of amides is 4. The second-order valence-electron chi connectivity index (χ2n) is 26.7. The first-order valence-corrected chi connectivity index (χ1v) is 24.3. The van der Waals surface area contributed by atoms with Gasteiger partial charge in [-0.05, 0) is 88.5 Å². The lowest BCUT2D eigenvalue weighted by Crippen LogP contribution is -2.41. The van der Waals surface area contributed by atoms with Gasteiger partial charge in [0, 0.05) is 78.0 Å². The van der Waals surface area contributed by atoms with E-state index in [0.717, 1.165) is 38.5 Å². The van der Waals surface area contributed by atoms with Crippen LogP contribution in [0.2, 0.25) is 0 Å². The molecule has 0 radical (unpaired) electrons. The van der Waals surface area contributed by atoms with Crippen LogP contribution in [0, 0.1) is 43.3 Å². The van der Waals surface area contributed by atoms with E-state index in [4.69, 9.17) is 0 Å². The minimum absolute atomic E-state index is 0.0176. The maximum atomic E-state index is 13.2. The van der Waals surface area contributed by atoms with Crippen LogP contribution < -0.4 is 21.3 Å². The number of hydrogen-bond acceptors (Lipinski definition) is 6. The van der Waals surface area contributed by atoms with Crippen molar-refractivity contribution >= 4 is 23.6 Å². The highest BCUT2D eigenvalue weighted by molar-refractivity contribution is 5.77. The zero-order valence-corrected chi connectivity index (χ0v) is 44.7. The summed E-state index contributed by atoms with van der Waals surface area (Å²) in [5.41, 5.74) is 0.635. The van der Waals surface area contributed by atoms with Crippen molar-refractivity contribution in [3.63, 3.8) is 0 Å². The second kappa shape index (κ2) is 25.5. The van der Waals surface area contributed by atoms with Crippen molar-refractivity contribution in [2.45, 2.75) is 203 Å². The third-order valence-electron chi connectivity index (χ3n) is 11.6. The van der Waals surface area contributed by atoms with Crippen LogP contribution in [0.15, 0.2) is 0 Å². The van der Waals surface area contributed by atoms with Crippen molar-refractivity contribution in [1.29, 1.82) is 0 Å². The fourth-order valence-electron chi connectivity index (χ4n) is 9.91. The molecule has 0 rings (SSSR count). The predicted octanol–water partition coefficient (Wildman–Crippen LogP) is 10.2. The molecule has 0 aromatic heterocycles. The first-order chi connectivity index (χ1) is 27.8. The van der Waals surface area contributed by atoms with Crippen molar-refractivity contribution in [2.24, 2.45) is 43.3 Å². The Morgan fingerprint density at radius 1 is 0.339 bits per heavy atom. The fraction of sp³-hybridized carbons (Fsp3) is 0.923. The molecule has 10 heteroatoms. The molecule has 0 aliphatic rings. The largest absolute Gasteiger partial charge is 0.356 e. The lowest BCUT2D eigenvalue weighted by atomic mass is 9.73. The zero-order chi connectivity index (χ0) is 48.4. The molecule has 0 aliphatic carbocycles. The van der Waals surface area contributed by atoms with Crippen molar-refractivity contribution in [1.82, 2.24) is 31.1 Å². The SMILES string of the molecule is CCC(C)(C)CC(C)(C)CNC(=O)CCN(CCCN(CCC(=O)NCC(C)(C)CC(C)(C)C)CCC(=O)NCC(C)(C)CC(C)(C)C)CCC(=O)NCC(C)(C)CC(C)(C)C. The third kappa shape index (κ3) is 33.3. The molecule has 0 spiro atoms. The summed E-state index contributed by atoms with van der Waals surface area (Å²) in [6, 6.07) is 0. The Morgan fingerprint density at radius 3 is 0.774 bits per heavy atom. The van der Waals surface area contributed by atoms with E-state index in [1.807, 2.05) is 0 Å². The van der Waals surface area contributed by atoms with Crippen molar-refractivity contribution in [3.8, 4) is 0 Å². The Balaban J connectivity index is 5.87. The molecule has 0 unspecified atom stereocenters. The molecule has 0 bridgehead atoms. The fourth-order valence-corrected chi connectivity index (χ4v) is 9.91. The molecule has 62 heavy (non-hydrogen) atoms. The summed E-state index contributed by atoms with van der Waals surface area (Å²) in [7, 11) is 0. The number of nitrogens with zero attached hydrogens (tertiary/aromatic N) is 2. The Kier molecular flexibility index (Phi) is 24.6. The monoisotopic (exact) mass is 877 g/mol. The van der Waals surface area contributed by atoms with E-state index in [0.29, 0.717) is 91.1 Å². The van der Waals surface area contributed by atoms with Gasteiger partial charge in [0.15, 0.2) is 0 Å². The first kappa shape index (κ1) is 59.8. The van der Waals surface area contributed by atoms with E-state index in [-0.39, 0.29) is 66.9 Å². The van der Waals surface area contributed by atoms with Gasteiger partial charge in [-0.1, -0.05) is 145 Å². The Morgan fingerprint density at radius 2 is 0.565 bits per heavy atom. The Labute approximate surface area is 384 Å². The average molecular weight is 877 g/mol. The van der Waals surface area contributed by atoms with Crippen LogP contribution in [-0.2, 0) is 19.2 Å². The maximum absolute atomic E-state index is 13.2. The van der Waals surface area contributed by atoms with Crippen LogP contribution in [0.5, 0.6) is 0 Å². The number of carbonyl (C=O) groups excluding carboxylic acids is 4. The molecular formula is C52H104N6O4.